The van der Waals surface area contributed by atoms with Crippen molar-refractivity contribution in [3.63, 3.8) is 0 Å². The molecule has 20 heavy (non-hydrogen) atoms. The van der Waals surface area contributed by atoms with Crippen molar-refractivity contribution in [1.29, 1.82) is 0 Å². The number of ether oxygens (including phenoxy) is 1. The predicted molar refractivity (Wildman–Crippen MR) is 73.8 cm³/mol. The normalized spacial score (nSPS) is 30.9. The number of carboxylic acids is 1. The quantitative estimate of drug-likeness (QED) is 0.789. The van der Waals surface area contributed by atoms with Gasteiger partial charge in [-0.2, -0.15) is 4.31 Å². The highest BCUT2D eigenvalue weighted by Crippen LogP contribution is 2.43. The molecule has 0 bridgehead atoms. The Morgan fingerprint density at radius 2 is 2.10 bits per heavy atom. The van der Waals surface area contributed by atoms with E-state index < -0.39 is 22.0 Å². The van der Waals surface area contributed by atoms with Crippen molar-refractivity contribution in [2.75, 3.05) is 18.9 Å². The molecule has 0 amide bonds. The van der Waals surface area contributed by atoms with E-state index in [9.17, 15) is 18.3 Å². The molecule has 116 valence electrons. The molecule has 1 aliphatic carbocycles. The van der Waals surface area contributed by atoms with E-state index >= 15 is 0 Å². The number of sulfonamides is 1. The number of carboxylic acid groups (broad SMARTS) is 1. The van der Waals surface area contributed by atoms with Gasteiger partial charge in [-0.1, -0.05) is 6.42 Å². The van der Waals surface area contributed by atoms with Gasteiger partial charge in [0.1, 0.15) is 6.04 Å². The van der Waals surface area contributed by atoms with Crippen LogP contribution in [0.2, 0.25) is 0 Å². The number of aliphatic carboxylic acids is 1. The molecule has 0 aromatic rings. The lowest BCUT2D eigenvalue weighted by molar-refractivity contribution is -0.142. The third kappa shape index (κ3) is 3.15. The fraction of sp³-hybridized carbons (Fsp3) is 0.923. The highest BCUT2D eigenvalue weighted by molar-refractivity contribution is 7.89. The van der Waals surface area contributed by atoms with Gasteiger partial charge in [0.25, 0.3) is 0 Å². The Labute approximate surface area is 120 Å². The molecule has 1 aliphatic heterocycles. The van der Waals surface area contributed by atoms with Gasteiger partial charge in [-0.15, -0.1) is 0 Å². The minimum absolute atomic E-state index is 0.0201. The summed E-state index contributed by atoms with van der Waals surface area (Å²) in [6, 6.07) is -0.883. The molecule has 0 spiro atoms. The summed E-state index contributed by atoms with van der Waals surface area (Å²) in [6.07, 6.45) is 2.72. The molecule has 2 rings (SSSR count). The van der Waals surface area contributed by atoms with Gasteiger partial charge < -0.3 is 9.84 Å². The van der Waals surface area contributed by atoms with Crippen LogP contribution in [0.3, 0.4) is 0 Å². The summed E-state index contributed by atoms with van der Waals surface area (Å²) < 4.78 is 31.2. The Morgan fingerprint density at radius 3 is 2.70 bits per heavy atom. The molecule has 1 N–H and O–H groups in total. The summed E-state index contributed by atoms with van der Waals surface area (Å²) >= 11 is 0. The van der Waals surface area contributed by atoms with Crippen LogP contribution < -0.4 is 0 Å². The van der Waals surface area contributed by atoms with Crippen molar-refractivity contribution < 1.29 is 23.1 Å². The smallest absolute Gasteiger partial charge is 0.322 e. The molecular formula is C13H23NO5S. The fourth-order valence-corrected chi connectivity index (χ4v) is 4.92. The van der Waals surface area contributed by atoms with Gasteiger partial charge in [-0.3, -0.25) is 4.79 Å². The second-order valence-electron chi connectivity index (χ2n) is 5.94. The van der Waals surface area contributed by atoms with E-state index in [4.69, 9.17) is 4.74 Å². The van der Waals surface area contributed by atoms with E-state index in [1.807, 2.05) is 13.8 Å². The second kappa shape index (κ2) is 5.99. The minimum Gasteiger partial charge on any atom is -0.480 e. The van der Waals surface area contributed by atoms with E-state index in [1.54, 1.807) is 0 Å². The molecule has 3 unspecified atom stereocenters. The van der Waals surface area contributed by atoms with E-state index in [0.717, 1.165) is 19.3 Å². The summed E-state index contributed by atoms with van der Waals surface area (Å²) in [4.78, 5) is 11.4. The molecule has 1 saturated heterocycles. The third-order valence-electron chi connectivity index (χ3n) is 4.25. The van der Waals surface area contributed by atoms with Crippen LogP contribution in [0.25, 0.3) is 0 Å². The molecule has 6 nitrogen and oxygen atoms in total. The number of hydrogen-bond acceptors (Lipinski definition) is 4. The Hall–Kier alpha value is -0.660. The molecule has 1 heterocycles. The van der Waals surface area contributed by atoms with Crippen LogP contribution in [0.15, 0.2) is 0 Å². The lowest BCUT2D eigenvalue weighted by Crippen LogP contribution is -2.44. The van der Waals surface area contributed by atoms with Crippen molar-refractivity contribution >= 4 is 16.0 Å². The average molecular weight is 305 g/mol. The van der Waals surface area contributed by atoms with Crippen molar-refractivity contribution in [3.8, 4) is 0 Å². The summed E-state index contributed by atoms with van der Waals surface area (Å²) in [5.74, 6) is -0.980. The molecule has 0 aromatic carbocycles. The fourth-order valence-electron chi connectivity index (χ4n) is 3.37. The zero-order valence-corrected chi connectivity index (χ0v) is 12.8. The summed E-state index contributed by atoms with van der Waals surface area (Å²) in [5, 5.41) is 9.37. The Morgan fingerprint density at radius 1 is 1.40 bits per heavy atom. The minimum atomic E-state index is -3.56. The zero-order valence-electron chi connectivity index (χ0n) is 12.0. The lowest BCUT2D eigenvalue weighted by atomic mass is 9.94. The van der Waals surface area contributed by atoms with Crippen molar-refractivity contribution in [1.82, 2.24) is 4.31 Å². The van der Waals surface area contributed by atoms with E-state index in [-0.39, 0.29) is 30.3 Å². The largest absolute Gasteiger partial charge is 0.480 e. The molecular weight excluding hydrogens is 282 g/mol. The second-order valence-corrected chi connectivity index (χ2v) is 7.98. The number of nitrogens with zero attached hydrogens (tertiary/aromatic N) is 1. The standard InChI is InChI=1S/C13H23NO5S/c1-9(2)19-6-7-20(17,18)14-8-10-4-3-5-11(10)12(14)13(15)16/h9-12H,3-8H2,1-2H3,(H,15,16). The third-order valence-corrected chi connectivity index (χ3v) is 6.02. The Bertz CT molecular complexity index is 461. The molecule has 0 radical (unpaired) electrons. The van der Waals surface area contributed by atoms with Gasteiger partial charge in [-0.05, 0) is 38.5 Å². The van der Waals surface area contributed by atoms with Gasteiger partial charge in [0.2, 0.25) is 10.0 Å². The molecule has 3 atom stereocenters. The van der Waals surface area contributed by atoms with E-state index in [1.165, 1.54) is 4.31 Å². The lowest BCUT2D eigenvalue weighted by Gasteiger charge is -2.24. The molecule has 2 fully saturated rings. The summed E-state index contributed by atoms with van der Waals surface area (Å²) in [5.41, 5.74) is 0. The number of hydrogen-bond donors (Lipinski definition) is 1. The molecule has 0 aromatic heterocycles. The molecule has 1 saturated carbocycles. The highest BCUT2D eigenvalue weighted by Gasteiger charge is 2.51. The van der Waals surface area contributed by atoms with Crippen LogP contribution in [0.1, 0.15) is 33.1 Å². The number of rotatable bonds is 6. The molecule has 7 heteroatoms. The van der Waals surface area contributed by atoms with Gasteiger partial charge in [0.05, 0.1) is 18.5 Å². The van der Waals surface area contributed by atoms with Crippen LogP contribution in [0, 0.1) is 11.8 Å². The van der Waals surface area contributed by atoms with Crippen LogP contribution in [0.5, 0.6) is 0 Å². The Kier molecular flexibility index (Phi) is 4.71. The van der Waals surface area contributed by atoms with Gasteiger partial charge in [0.15, 0.2) is 0 Å². The maximum absolute atomic E-state index is 12.3. The number of fused-ring (bicyclic) bond motifs is 1. The van der Waals surface area contributed by atoms with Crippen LogP contribution >= 0.6 is 0 Å². The zero-order chi connectivity index (χ0) is 14.9. The van der Waals surface area contributed by atoms with Crippen LogP contribution in [0.4, 0.5) is 0 Å². The van der Waals surface area contributed by atoms with Gasteiger partial charge in [-0.25, -0.2) is 8.42 Å². The van der Waals surface area contributed by atoms with Gasteiger partial charge in [0, 0.05) is 6.54 Å². The first kappa shape index (κ1) is 15.7. The highest BCUT2D eigenvalue weighted by atomic mass is 32.2. The predicted octanol–water partition coefficient (Wildman–Crippen LogP) is 0.926. The van der Waals surface area contributed by atoms with Crippen molar-refractivity contribution in [2.24, 2.45) is 11.8 Å². The van der Waals surface area contributed by atoms with E-state index in [0.29, 0.717) is 6.54 Å². The maximum atomic E-state index is 12.3. The van der Waals surface area contributed by atoms with E-state index in [2.05, 4.69) is 0 Å². The van der Waals surface area contributed by atoms with Crippen molar-refractivity contribution in [2.45, 2.75) is 45.3 Å². The van der Waals surface area contributed by atoms with Crippen LogP contribution in [-0.2, 0) is 19.6 Å². The Balaban J connectivity index is 2.08. The maximum Gasteiger partial charge on any atom is 0.322 e. The topological polar surface area (TPSA) is 83.9 Å². The van der Waals surface area contributed by atoms with Crippen molar-refractivity contribution in [3.05, 3.63) is 0 Å². The summed E-state index contributed by atoms with van der Waals surface area (Å²) in [6.45, 7) is 4.14. The first-order chi connectivity index (χ1) is 9.33. The summed E-state index contributed by atoms with van der Waals surface area (Å²) in [7, 11) is -3.56. The first-order valence-electron chi connectivity index (χ1n) is 7.17. The first-order valence-corrected chi connectivity index (χ1v) is 8.78. The number of carbonyl (C=O) groups is 1. The SMILES string of the molecule is CC(C)OCCS(=O)(=O)N1CC2CCCC2C1C(=O)O. The average Bonchev–Trinajstić information content (AvgIpc) is 2.86. The molecule has 2 aliphatic rings. The van der Waals surface area contributed by atoms with Crippen LogP contribution in [-0.4, -0.2) is 54.8 Å². The monoisotopic (exact) mass is 305 g/mol. The van der Waals surface area contributed by atoms with Gasteiger partial charge >= 0.3 is 5.97 Å².